The average Bonchev–Trinajstić information content (AvgIpc) is 2.81. The van der Waals surface area contributed by atoms with Crippen molar-refractivity contribution in [2.45, 2.75) is 24.7 Å². The summed E-state index contributed by atoms with van der Waals surface area (Å²) in [6.07, 6.45) is -6.86. The molecule has 7 nitrogen and oxygen atoms in total. The number of benzene rings is 3. The molecule has 0 radical (unpaired) electrons. The number of carboxylic acids is 1. The van der Waals surface area contributed by atoms with Gasteiger partial charge in [-0.25, -0.2) is 4.98 Å². The number of nitrogen functional groups attached to an aromatic ring is 1. The normalized spacial score (nSPS) is 13.4. The molecule has 3 aromatic carbocycles. The summed E-state index contributed by atoms with van der Waals surface area (Å²) >= 11 is 0. The van der Waals surface area contributed by atoms with Crippen LogP contribution >= 0.6 is 0 Å². The molecule has 0 amide bonds. The number of rotatable bonds is 7. The van der Waals surface area contributed by atoms with Crippen molar-refractivity contribution in [3.05, 3.63) is 83.9 Å². The second kappa shape index (κ2) is 9.59. The van der Waals surface area contributed by atoms with Crippen molar-refractivity contribution in [2.24, 2.45) is 5.73 Å². The number of aromatic nitrogens is 2. The van der Waals surface area contributed by atoms with Crippen molar-refractivity contribution >= 4 is 22.7 Å². The first-order valence-corrected chi connectivity index (χ1v) is 10.5. The van der Waals surface area contributed by atoms with Gasteiger partial charge in [-0.15, -0.1) is 0 Å². The molecule has 4 aromatic rings. The zero-order chi connectivity index (χ0) is 25.2. The second-order valence-electron chi connectivity index (χ2n) is 7.94. The van der Waals surface area contributed by atoms with Gasteiger partial charge in [0.05, 0.1) is 5.69 Å². The summed E-state index contributed by atoms with van der Waals surface area (Å²) in [7, 11) is 0. The highest BCUT2D eigenvalue weighted by molar-refractivity contribution is 5.83. The molecule has 0 aliphatic heterocycles. The van der Waals surface area contributed by atoms with Gasteiger partial charge in [0.2, 0.25) is 17.9 Å². The lowest BCUT2D eigenvalue weighted by Crippen LogP contribution is -2.32. The fraction of sp³-hybridized carbons (Fsp3) is 0.160. The van der Waals surface area contributed by atoms with Gasteiger partial charge in [-0.1, -0.05) is 60.7 Å². The summed E-state index contributed by atoms with van der Waals surface area (Å²) < 4.78 is 47.2. The fourth-order valence-corrected chi connectivity index (χ4v) is 3.62. The van der Waals surface area contributed by atoms with Crippen LogP contribution in [0.4, 0.5) is 19.1 Å². The third-order valence-electron chi connectivity index (χ3n) is 5.35. The first-order chi connectivity index (χ1) is 16.6. The Morgan fingerprint density at radius 3 is 2.31 bits per heavy atom. The number of anilines is 1. The van der Waals surface area contributed by atoms with Crippen LogP contribution in [0.5, 0.6) is 5.88 Å². The molecule has 180 valence electrons. The standard InChI is InChI=1S/C25H21F3N4O3/c26-25(27,28)22(18-10-9-15-3-1-2-4-17(15)12-18)35-21-13-20(31-24(30)32-21)16-7-5-14(6-8-16)11-19(29)23(33)34/h1-10,12-13,19,22H,11,29H2,(H,33,34)(H2,30,31,32)/t19-,22?/m0/s1. The van der Waals surface area contributed by atoms with E-state index in [0.717, 1.165) is 5.39 Å². The smallest absolute Gasteiger partial charge is 0.429 e. The minimum Gasteiger partial charge on any atom is -0.480 e. The Labute approximate surface area is 198 Å². The van der Waals surface area contributed by atoms with Crippen LogP contribution in [-0.2, 0) is 11.2 Å². The van der Waals surface area contributed by atoms with E-state index in [0.29, 0.717) is 16.5 Å². The molecule has 2 atom stereocenters. The van der Waals surface area contributed by atoms with Gasteiger partial charge in [0.15, 0.2) is 0 Å². The Bertz CT molecular complexity index is 1360. The van der Waals surface area contributed by atoms with Gasteiger partial charge in [0, 0.05) is 17.2 Å². The van der Waals surface area contributed by atoms with Crippen LogP contribution in [0.1, 0.15) is 17.2 Å². The molecule has 0 saturated carbocycles. The molecule has 0 saturated heterocycles. The topological polar surface area (TPSA) is 124 Å². The van der Waals surface area contributed by atoms with Gasteiger partial charge in [-0.3, -0.25) is 4.79 Å². The lowest BCUT2D eigenvalue weighted by atomic mass is 10.0. The second-order valence-corrected chi connectivity index (χ2v) is 7.94. The van der Waals surface area contributed by atoms with Crippen LogP contribution in [0, 0.1) is 0 Å². The van der Waals surface area contributed by atoms with E-state index >= 15 is 0 Å². The average molecular weight is 482 g/mol. The van der Waals surface area contributed by atoms with Crippen LogP contribution < -0.4 is 16.2 Å². The number of carbonyl (C=O) groups is 1. The zero-order valence-electron chi connectivity index (χ0n) is 18.2. The first-order valence-electron chi connectivity index (χ1n) is 10.5. The Morgan fingerprint density at radius 1 is 0.971 bits per heavy atom. The van der Waals surface area contributed by atoms with Crippen LogP contribution in [0.15, 0.2) is 72.8 Å². The van der Waals surface area contributed by atoms with Crippen LogP contribution in [0.2, 0.25) is 0 Å². The third-order valence-corrected chi connectivity index (χ3v) is 5.35. The number of alkyl halides is 3. The number of fused-ring (bicyclic) bond motifs is 1. The van der Waals surface area contributed by atoms with Gasteiger partial charge >= 0.3 is 12.1 Å². The van der Waals surface area contributed by atoms with Crippen molar-refractivity contribution in [3.8, 4) is 17.1 Å². The van der Waals surface area contributed by atoms with Gasteiger partial charge in [-0.05, 0) is 28.8 Å². The number of aliphatic carboxylic acids is 1. The maximum absolute atomic E-state index is 14.0. The van der Waals surface area contributed by atoms with E-state index in [2.05, 4.69) is 9.97 Å². The lowest BCUT2D eigenvalue weighted by molar-refractivity contribution is -0.198. The molecule has 0 spiro atoms. The van der Waals surface area contributed by atoms with E-state index in [1.165, 1.54) is 18.2 Å². The predicted octanol–water partition coefficient (Wildman–Crippen LogP) is 4.52. The Morgan fingerprint density at radius 2 is 1.66 bits per heavy atom. The van der Waals surface area contributed by atoms with Crippen LogP contribution in [0.3, 0.4) is 0 Å². The molecule has 5 N–H and O–H groups in total. The maximum Gasteiger partial charge on any atom is 0.429 e. The van der Waals surface area contributed by atoms with Crippen molar-refractivity contribution < 1.29 is 27.8 Å². The van der Waals surface area contributed by atoms with Crippen LogP contribution in [0.25, 0.3) is 22.0 Å². The molecule has 1 unspecified atom stereocenters. The first kappa shape index (κ1) is 24.0. The predicted molar refractivity (Wildman–Crippen MR) is 125 cm³/mol. The SMILES string of the molecule is Nc1nc(OC(c2ccc3ccccc3c2)C(F)(F)F)cc(-c2ccc(C[C@H](N)C(=O)O)cc2)n1. The van der Waals surface area contributed by atoms with Gasteiger partial charge in [0.25, 0.3) is 0 Å². The monoisotopic (exact) mass is 482 g/mol. The zero-order valence-corrected chi connectivity index (χ0v) is 18.2. The van der Waals surface area contributed by atoms with Gasteiger partial charge in [0.1, 0.15) is 6.04 Å². The molecule has 0 fully saturated rings. The van der Waals surface area contributed by atoms with Crippen molar-refractivity contribution in [1.82, 2.24) is 9.97 Å². The Balaban J connectivity index is 1.63. The lowest BCUT2D eigenvalue weighted by Gasteiger charge is -2.22. The number of hydrogen-bond donors (Lipinski definition) is 3. The van der Waals surface area contributed by atoms with E-state index in [1.54, 1.807) is 54.6 Å². The van der Waals surface area contributed by atoms with E-state index in [-0.39, 0.29) is 29.5 Å². The molecule has 1 heterocycles. The van der Waals surface area contributed by atoms with Gasteiger partial charge in [-0.2, -0.15) is 18.2 Å². The van der Waals surface area contributed by atoms with E-state index in [1.807, 2.05) is 0 Å². The summed E-state index contributed by atoms with van der Waals surface area (Å²) in [6, 6.07) is 18.3. The Hall–Kier alpha value is -4.18. The molecular weight excluding hydrogens is 461 g/mol. The Kier molecular flexibility index (Phi) is 6.57. The molecular formula is C25H21F3N4O3. The fourth-order valence-electron chi connectivity index (χ4n) is 3.62. The van der Waals surface area contributed by atoms with Gasteiger partial charge < -0.3 is 21.3 Å². The molecule has 0 aliphatic rings. The highest BCUT2D eigenvalue weighted by Crippen LogP contribution is 2.38. The highest BCUT2D eigenvalue weighted by Gasteiger charge is 2.43. The molecule has 35 heavy (non-hydrogen) atoms. The highest BCUT2D eigenvalue weighted by atomic mass is 19.4. The number of nitrogens with two attached hydrogens (primary N) is 2. The summed E-state index contributed by atoms with van der Waals surface area (Å²) in [4.78, 5) is 18.9. The maximum atomic E-state index is 14.0. The molecule has 0 bridgehead atoms. The van der Waals surface area contributed by atoms with E-state index in [4.69, 9.17) is 21.3 Å². The quantitative estimate of drug-likeness (QED) is 0.354. The molecule has 10 heteroatoms. The third kappa shape index (κ3) is 5.67. The summed E-state index contributed by atoms with van der Waals surface area (Å²) in [5.74, 6) is -1.71. The number of hydrogen-bond acceptors (Lipinski definition) is 6. The number of ether oxygens (including phenoxy) is 1. The van der Waals surface area contributed by atoms with Crippen molar-refractivity contribution in [2.75, 3.05) is 5.73 Å². The molecule has 0 aliphatic carbocycles. The number of carboxylic acid groups (broad SMARTS) is 1. The van der Waals surface area contributed by atoms with E-state index < -0.39 is 24.3 Å². The summed E-state index contributed by atoms with van der Waals surface area (Å²) in [5.41, 5.74) is 12.7. The minimum absolute atomic E-state index is 0.0749. The molecule has 4 rings (SSSR count). The van der Waals surface area contributed by atoms with Crippen LogP contribution in [-0.4, -0.2) is 33.3 Å². The number of halogens is 3. The summed E-state index contributed by atoms with van der Waals surface area (Å²) in [5, 5.41) is 10.4. The summed E-state index contributed by atoms with van der Waals surface area (Å²) in [6.45, 7) is 0. The van der Waals surface area contributed by atoms with Crippen molar-refractivity contribution in [1.29, 1.82) is 0 Å². The minimum atomic E-state index is -4.72. The molecule has 1 aromatic heterocycles. The largest absolute Gasteiger partial charge is 0.480 e. The van der Waals surface area contributed by atoms with Crippen molar-refractivity contribution in [3.63, 3.8) is 0 Å². The van der Waals surface area contributed by atoms with E-state index in [9.17, 15) is 18.0 Å². The number of nitrogens with zero attached hydrogens (tertiary/aromatic N) is 2.